The Morgan fingerprint density at radius 3 is 2.12 bits per heavy atom. The minimum Gasteiger partial charge on any atom is -0.481 e. The first-order chi connectivity index (χ1) is 19.5. The Bertz CT molecular complexity index is 1200. The lowest BCUT2D eigenvalue weighted by molar-refractivity contribution is -0.143. The normalized spacial score (nSPS) is 13.6. The van der Waals surface area contributed by atoms with E-state index in [9.17, 15) is 34.2 Å². The van der Waals surface area contributed by atoms with E-state index in [0.717, 1.165) is 0 Å². The number of guanidine groups is 1. The van der Waals surface area contributed by atoms with Crippen LogP contribution < -0.4 is 33.2 Å². The SMILES string of the molecule is NC(N)=NCCCC(NC(=O)C(CC(=O)O)NC(=O)C(Cc1ccccc1)NC(=O)C(N)Cc1cnc[nH]1)C(=O)O. The molecule has 0 saturated carbocycles. The van der Waals surface area contributed by atoms with Gasteiger partial charge in [0.25, 0.3) is 0 Å². The molecule has 1 heterocycles. The lowest BCUT2D eigenvalue weighted by Gasteiger charge is -2.24. The van der Waals surface area contributed by atoms with E-state index in [4.69, 9.17) is 17.2 Å². The van der Waals surface area contributed by atoms with E-state index >= 15 is 0 Å². The van der Waals surface area contributed by atoms with Gasteiger partial charge in [-0.1, -0.05) is 30.3 Å². The molecule has 0 spiro atoms. The van der Waals surface area contributed by atoms with Crippen LogP contribution in [0.5, 0.6) is 0 Å². The van der Waals surface area contributed by atoms with Gasteiger partial charge in [0.1, 0.15) is 18.1 Å². The zero-order chi connectivity index (χ0) is 30.4. The van der Waals surface area contributed by atoms with Crippen LogP contribution in [0.1, 0.15) is 30.5 Å². The third kappa shape index (κ3) is 11.7. The topological polar surface area (TPSA) is 281 Å². The molecule has 0 saturated heterocycles. The maximum atomic E-state index is 13.3. The van der Waals surface area contributed by atoms with Crippen molar-refractivity contribution in [3.8, 4) is 0 Å². The first-order valence-electron chi connectivity index (χ1n) is 12.6. The highest BCUT2D eigenvalue weighted by atomic mass is 16.4. The second-order valence-corrected chi connectivity index (χ2v) is 9.15. The molecule has 0 aliphatic rings. The Morgan fingerprint density at radius 1 is 0.902 bits per heavy atom. The highest BCUT2D eigenvalue weighted by Gasteiger charge is 2.31. The molecule has 0 aliphatic heterocycles. The van der Waals surface area contributed by atoms with Crippen LogP contribution in [0.4, 0.5) is 0 Å². The molecule has 1 aromatic heterocycles. The molecule has 16 nitrogen and oxygen atoms in total. The molecule has 2 rings (SSSR count). The molecular weight excluding hydrogens is 538 g/mol. The van der Waals surface area contributed by atoms with Crippen molar-refractivity contribution in [1.82, 2.24) is 25.9 Å². The number of imidazole rings is 1. The molecule has 4 unspecified atom stereocenters. The predicted molar refractivity (Wildman–Crippen MR) is 146 cm³/mol. The van der Waals surface area contributed by atoms with Crippen LogP contribution in [0.3, 0.4) is 0 Å². The van der Waals surface area contributed by atoms with E-state index in [1.54, 1.807) is 30.3 Å². The molecule has 12 N–H and O–H groups in total. The van der Waals surface area contributed by atoms with Crippen molar-refractivity contribution >= 4 is 35.6 Å². The number of hydrogen-bond donors (Lipinski definition) is 9. The van der Waals surface area contributed by atoms with Gasteiger partial charge in [0.2, 0.25) is 17.7 Å². The highest BCUT2D eigenvalue weighted by Crippen LogP contribution is 2.07. The number of hydrogen-bond acceptors (Lipinski definition) is 8. The fourth-order valence-corrected chi connectivity index (χ4v) is 3.75. The second-order valence-electron chi connectivity index (χ2n) is 9.15. The van der Waals surface area contributed by atoms with E-state index in [1.807, 2.05) is 0 Å². The summed E-state index contributed by atoms with van der Waals surface area (Å²) in [4.78, 5) is 72.7. The average molecular weight is 574 g/mol. The van der Waals surface area contributed by atoms with Crippen LogP contribution >= 0.6 is 0 Å². The maximum absolute atomic E-state index is 13.3. The number of aromatic amines is 1. The number of aromatic nitrogens is 2. The van der Waals surface area contributed by atoms with E-state index in [-0.39, 0.29) is 38.2 Å². The summed E-state index contributed by atoms with van der Waals surface area (Å²) in [6.45, 7) is 0.112. The van der Waals surface area contributed by atoms with Gasteiger partial charge in [0, 0.05) is 31.3 Å². The second kappa shape index (κ2) is 16.2. The molecular formula is C25H35N9O7. The van der Waals surface area contributed by atoms with Crippen molar-refractivity contribution in [2.24, 2.45) is 22.2 Å². The van der Waals surface area contributed by atoms with Gasteiger partial charge in [-0.2, -0.15) is 0 Å². The third-order valence-corrected chi connectivity index (χ3v) is 5.82. The van der Waals surface area contributed by atoms with Crippen LogP contribution in [-0.2, 0) is 36.8 Å². The van der Waals surface area contributed by atoms with Gasteiger partial charge in [0.05, 0.1) is 18.8 Å². The highest BCUT2D eigenvalue weighted by molar-refractivity contribution is 5.95. The molecule has 222 valence electrons. The number of benzene rings is 1. The largest absolute Gasteiger partial charge is 0.481 e. The minimum atomic E-state index is -1.65. The van der Waals surface area contributed by atoms with Crippen LogP contribution in [0, 0.1) is 0 Å². The number of aliphatic carboxylic acids is 2. The number of nitrogens with two attached hydrogens (primary N) is 3. The third-order valence-electron chi connectivity index (χ3n) is 5.82. The van der Waals surface area contributed by atoms with Crippen molar-refractivity contribution in [2.75, 3.05) is 6.54 Å². The zero-order valence-corrected chi connectivity index (χ0v) is 22.2. The fraction of sp³-hybridized carbons (Fsp3) is 0.400. The van der Waals surface area contributed by atoms with E-state index < -0.39 is 60.2 Å². The Hall–Kier alpha value is -4.99. The van der Waals surface area contributed by atoms with E-state index in [1.165, 1.54) is 12.5 Å². The van der Waals surface area contributed by atoms with Gasteiger partial charge >= 0.3 is 11.9 Å². The molecule has 0 aliphatic carbocycles. The van der Waals surface area contributed by atoms with Crippen molar-refractivity contribution in [3.63, 3.8) is 0 Å². The Labute approximate surface area is 235 Å². The quantitative estimate of drug-likeness (QED) is 0.0545. The monoisotopic (exact) mass is 573 g/mol. The molecule has 1 aromatic carbocycles. The summed E-state index contributed by atoms with van der Waals surface area (Å²) < 4.78 is 0. The Kier molecular flexibility index (Phi) is 12.7. The van der Waals surface area contributed by atoms with Crippen molar-refractivity contribution < 1.29 is 34.2 Å². The number of carboxylic acids is 2. The van der Waals surface area contributed by atoms with Gasteiger partial charge in [-0.25, -0.2) is 9.78 Å². The van der Waals surface area contributed by atoms with Crippen LogP contribution in [0.2, 0.25) is 0 Å². The van der Waals surface area contributed by atoms with E-state index in [0.29, 0.717) is 11.3 Å². The van der Waals surface area contributed by atoms with Gasteiger partial charge in [-0.15, -0.1) is 0 Å². The van der Waals surface area contributed by atoms with Gasteiger partial charge in [-0.3, -0.25) is 24.2 Å². The van der Waals surface area contributed by atoms with Gasteiger partial charge in [-0.05, 0) is 18.4 Å². The average Bonchev–Trinajstić information content (AvgIpc) is 3.42. The minimum absolute atomic E-state index is 0.000849. The first kappa shape index (κ1) is 32.2. The van der Waals surface area contributed by atoms with Gasteiger partial charge < -0.3 is 48.3 Å². The number of aliphatic imine (C=N–C) groups is 1. The maximum Gasteiger partial charge on any atom is 0.326 e. The molecule has 16 heteroatoms. The summed E-state index contributed by atoms with van der Waals surface area (Å²) >= 11 is 0. The summed E-state index contributed by atoms with van der Waals surface area (Å²) in [5.41, 5.74) is 17.8. The molecule has 41 heavy (non-hydrogen) atoms. The number of rotatable bonds is 17. The van der Waals surface area contributed by atoms with Crippen LogP contribution in [0.15, 0.2) is 47.8 Å². The lowest BCUT2D eigenvalue weighted by Crippen LogP contribution is -2.58. The lowest BCUT2D eigenvalue weighted by atomic mass is 10.0. The Balaban J connectivity index is 2.17. The summed E-state index contributed by atoms with van der Waals surface area (Å²) in [7, 11) is 0. The number of nitrogens with zero attached hydrogens (tertiary/aromatic N) is 2. The number of carbonyl (C=O) groups is 5. The molecule has 0 bridgehead atoms. The number of carboxylic acid groups (broad SMARTS) is 2. The smallest absolute Gasteiger partial charge is 0.326 e. The van der Waals surface area contributed by atoms with Crippen molar-refractivity contribution in [3.05, 3.63) is 54.1 Å². The summed E-state index contributed by atoms with van der Waals surface area (Å²) in [5, 5.41) is 26.0. The van der Waals surface area contributed by atoms with Crippen LogP contribution in [0.25, 0.3) is 0 Å². The fourth-order valence-electron chi connectivity index (χ4n) is 3.75. The van der Waals surface area contributed by atoms with Gasteiger partial charge in [0.15, 0.2) is 5.96 Å². The number of nitrogens with one attached hydrogen (secondary N) is 4. The number of carbonyl (C=O) groups excluding carboxylic acids is 3. The molecule has 0 fully saturated rings. The standard InChI is InChI=1S/C25H35N9O7/c26-16(10-15-12-29-13-31-15)21(37)33-18(9-14-5-2-1-3-6-14)22(38)34-19(11-20(35)36)23(39)32-17(24(40)41)7-4-8-30-25(27)28/h1-3,5-6,12-13,16-19H,4,7-11,26H2,(H,29,31)(H,32,39)(H,33,37)(H,34,38)(H,35,36)(H,40,41)(H4,27,28,30). The first-order valence-corrected chi connectivity index (χ1v) is 12.6. The zero-order valence-electron chi connectivity index (χ0n) is 22.2. The molecule has 0 radical (unpaired) electrons. The van der Waals surface area contributed by atoms with E-state index in [2.05, 4.69) is 30.9 Å². The van der Waals surface area contributed by atoms with Crippen LogP contribution in [-0.4, -0.2) is 86.5 Å². The number of amides is 3. The predicted octanol–water partition coefficient (Wildman–Crippen LogP) is -2.41. The summed E-state index contributed by atoms with van der Waals surface area (Å²) in [6.07, 6.45) is 2.33. The molecule has 3 amide bonds. The number of H-pyrrole nitrogens is 1. The molecule has 2 aromatic rings. The summed E-state index contributed by atoms with van der Waals surface area (Å²) in [6, 6.07) is 3.34. The Morgan fingerprint density at radius 2 is 1.54 bits per heavy atom. The van der Waals surface area contributed by atoms with Crippen molar-refractivity contribution in [2.45, 2.75) is 56.3 Å². The molecule has 4 atom stereocenters. The van der Waals surface area contributed by atoms with Crippen molar-refractivity contribution in [1.29, 1.82) is 0 Å². The summed E-state index contributed by atoms with van der Waals surface area (Å²) in [5.74, 6) is -5.53.